The first kappa shape index (κ1) is 6.05. The van der Waals surface area contributed by atoms with Gasteiger partial charge in [0.15, 0.2) is 0 Å². The normalized spacial score (nSPS) is 27.4. The van der Waals surface area contributed by atoms with Crippen molar-refractivity contribution in [2.24, 2.45) is 11.7 Å². The summed E-state index contributed by atoms with van der Waals surface area (Å²) < 4.78 is 0. The largest absolute Gasteiger partial charge is 0.391 e. The average Bonchev–Trinajstić information content (AvgIpc) is 2.43. The zero-order chi connectivity index (χ0) is 6.15. The molecular formula is C6H13NO. The molecule has 2 heteroatoms. The molecule has 2 nitrogen and oxygen atoms in total. The van der Waals surface area contributed by atoms with Gasteiger partial charge < -0.3 is 10.8 Å². The third-order valence-electron chi connectivity index (χ3n) is 1.64. The lowest BCUT2D eigenvalue weighted by Gasteiger charge is -2.11. The Morgan fingerprint density at radius 2 is 2.12 bits per heavy atom. The van der Waals surface area contributed by atoms with Gasteiger partial charge in [0.25, 0.3) is 0 Å². The van der Waals surface area contributed by atoms with Crippen LogP contribution in [0, 0.1) is 5.92 Å². The van der Waals surface area contributed by atoms with E-state index in [0.29, 0.717) is 5.92 Å². The fourth-order valence-corrected chi connectivity index (χ4v) is 0.867. The second-order valence-corrected chi connectivity index (χ2v) is 2.69. The highest BCUT2D eigenvalue weighted by Crippen LogP contribution is 2.33. The number of rotatable bonds is 2. The van der Waals surface area contributed by atoms with Gasteiger partial charge in [-0.3, -0.25) is 0 Å². The summed E-state index contributed by atoms with van der Waals surface area (Å²) in [6.45, 7) is 1.85. The van der Waals surface area contributed by atoms with E-state index >= 15 is 0 Å². The van der Waals surface area contributed by atoms with Crippen molar-refractivity contribution in [3.8, 4) is 0 Å². The predicted molar refractivity (Wildman–Crippen MR) is 32.4 cm³/mol. The molecule has 0 aromatic heterocycles. The first-order chi connectivity index (χ1) is 3.72. The van der Waals surface area contributed by atoms with Crippen LogP contribution in [-0.2, 0) is 0 Å². The summed E-state index contributed by atoms with van der Waals surface area (Å²) in [6.07, 6.45) is 2.10. The molecule has 8 heavy (non-hydrogen) atoms. The van der Waals surface area contributed by atoms with E-state index in [-0.39, 0.29) is 12.1 Å². The highest BCUT2D eigenvalue weighted by atomic mass is 16.3. The minimum Gasteiger partial charge on any atom is -0.391 e. The van der Waals surface area contributed by atoms with Crippen LogP contribution >= 0.6 is 0 Å². The van der Waals surface area contributed by atoms with Crippen molar-refractivity contribution in [3.63, 3.8) is 0 Å². The lowest BCUT2D eigenvalue weighted by molar-refractivity contribution is 0.128. The summed E-state index contributed by atoms with van der Waals surface area (Å²) in [4.78, 5) is 0. The van der Waals surface area contributed by atoms with Crippen molar-refractivity contribution in [3.05, 3.63) is 0 Å². The SMILES string of the molecule is C[C@H](N)C(O)C1CC1. The summed E-state index contributed by atoms with van der Waals surface area (Å²) in [5.74, 6) is 0.523. The van der Waals surface area contributed by atoms with Crippen LogP contribution in [0.2, 0.25) is 0 Å². The van der Waals surface area contributed by atoms with Crippen LogP contribution in [0.1, 0.15) is 19.8 Å². The molecule has 1 unspecified atom stereocenters. The molecular weight excluding hydrogens is 102 g/mol. The van der Waals surface area contributed by atoms with Gasteiger partial charge in [0.2, 0.25) is 0 Å². The van der Waals surface area contributed by atoms with Crippen molar-refractivity contribution >= 4 is 0 Å². The van der Waals surface area contributed by atoms with Gasteiger partial charge in [-0.15, -0.1) is 0 Å². The van der Waals surface area contributed by atoms with Crippen molar-refractivity contribution in [2.45, 2.75) is 31.9 Å². The lowest BCUT2D eigenvalue weighted by Crippen LogP contribution is -2.32. The Labute approximate surface area is 49.7 Å². The first-order valence-corrected chi connectivity index (χ1v) is 3.15. The zero-order valence-electron chi connectivity index (χ0n) is 5.17. The summed E-state index contributed by atoms with van der Waals surface area (Å²) in [6, 6.07) is -0.0394. The molecule has 0 bridgehead atoms. The minimum absolute atomic E-state index is 0.0394. The molecule has 0 radical (unpaired) electrons. The molecule has 1 aliphatic carbocycles. The molecule has 2 atom stereocenters. The quantitative estimate of drug-likeness (QED) is 0.536. The molecule has 1 rings (SSSR count). The van der Waals surface area contributed by atoms with E-state index in [1.165, 1.54) is 12.8 Å². The van der Waals surface area contributed by atoms with Gasteiger partial charge >= 0.3 is 0 Å². The molecule has 48 valence electrons. The highest BCUT2D eigenvalue weighted by molar-refractivity contribution is 4.85. The second kappa shape index (κ2) is 2.03. The Morgan fingerprint density at radius 1 is 1.62 bits per heavy atom. The molecule has 0 spiro atoms. The molecule has 0 heterocycles. The molecule has 0 saturated heterocycles. The molecule has 0 amide bonds. The van der Waals surface area contributed by atoms with Crippen molar-refractivity contribution in [1.82, 2.24) is 0 Å². The molecule has 0 aliphatic heterocycles. The van der Waals surface area contributed by atoms with E-state index in [2.05, 4.69) is 0 Å². The number of hydrogen-bond acceptors (Lipinski definition) is 2. The number of aliphatic hydroxyl groups excluding tert-OH is 1. The monoisotopic (exact) mass is 115 g/mol. The van der Waals surface area contributed by atoms with E-state index in [9.17, 15) is 0 Å². The summed E-state index contributed by atoms with van der Waals surface area (Å²) in [5, 5.41) is 9.14. The maximum absolute atomic E-state index is 9.14. The summed E-state index contributed by atoms with van der Waals surface area (Å²) >= 11 is 0. The fourth-order valence-electron chi connectivity index (χ4n) is 0.867. The zero-order valence-corrected chi connectivity index (χ0v) is 5.17. The van der Waals surface area contributed by atoms with Crippen LogP contribution in [0.5, 0.6) is 0 Å². The maximum atomic E-state index is 9.14. The Hall–Kier alpha value is -0.0800. The summed E-state index contributed by atoms with van der Waals surface area (Å²) in [5.41, 5.74) is 5.43. The van der Waals surface area contributed by atoms with E-state index in [4.69, 9.17) is 10.8 Å². The van der Waals surface area contributed by atoms with Crippen molar-refractivity contribution < 1.29 is 5.11 Å². The Morgan fingerprint density at radius 3 is 2.25 bits per heavy atom. The minimum atomic E-state index is -0.241. The van der Waals surface area contributed by atoms with E-state index in [1.54, 1.807) is 0 Å². The smallest absolute Gasteiger partial charge is 0.0716 e. The van der Waals surface area contributed by atoms with Crippen LogP contribution < -0.4 is 5.73 Å². The molecule has 1 aliphatic rings. The highest BCUT2D eigenvalue weighted by Gasteiger charge is 2.31. The first-order valence-electron chi connectivity index (χ1n) is 3.15. The molecule has 0 aromatic rings. The second-order valence-electron chi connectivity index (χ2n) is 2.69. The van der Waals surface area contributed by atoms with E-state index < -0.39 is 0 Å². The van der Waals surface area contributed by atoms with Crippen LogP contribution in [0.4, 0.5) is 0 Å². The Balaban J connectivity index is 2.22. The van der Waals surface area contributed by atoms with Gasteiger partial charge in [0.1, 0.15) is 0 Å². The molecule has 0 aromatic carbocycles. The van der Waals surface area contributed by atoms with Gasteiger partial charge in [-0.1, -0.05) is 0 Å². The standard InChI is InChI=1S/C6H13NO/c1-4(7)6(8)5-2-3-5/h4-6,8H,2-3,7H2,1H3/t4-,6?/m0/s1. The van der Waals surface area contributed by atoms with Crippen molar-refractivity contribution in [1.29, 1.82) is 0 Å². The van der Waals surface area contributed by atoms with Crippen molar-refractivity contribution in [2.75, 3.05) is 0 Å². The lowest BCUT2D eigenvalue weighted by atomic mass is 10.1. The number of hydrogen-bond donors (Lipinski definition) is 2. The number of nitrogens with two attached hydrogens (primary N) is 1. The van der Waals surface area contributed by atoms with Gasteiger partial charge in [0.05, 0.1) is 6.10 Å². The van der Waals surface area contributed by atoms with Crippen LogP contribution in [0.15, 0.2) is 0 Å². The van der Waals surface area contributed by atoms with Gasteiger partial charge in [-0.05, 0) is 25.7 Å². The van der Waals surface area contributed by atoms with Crippen LogP contribution in [0.25, 0.3) is 0 Å². The third kappa shape index (κ3) is 1.20. The average molecular weight is 115 g/mol. The Bertz CT molecular complexity index is 76.6. The third-order valence-corrected chi connectivity index (χ3v) is 1.64. The topological polar surface area (TPSA) is 46.2 Å². The van der Waals surface area contributed by atoms with E-state index in [1.807, 2.05) is 6.92 Å². The van der Waals surface area contributed by atoms with E-state index in [0.717, 1.165) is 0 Å². The van der Waals surface area contributed by atoms with Gasteiger partial charge in [-0.25, -0.2) is 0 Å². The molecule has 1 saturated carbocycles. The predicted octanol–water partition coefficient (Wildman–Crippen LogP) is 0.104. The van der Waals surface area contributed by atoms with Crippen LogP contribution in [0.3, 0.4) is 0 Å². The fraction of sp³-hybridized carbons (Fsp3) is 1.00. The molecule has 1 fully saturated rings. The van der Waals surface area contributed by atoms with Gasteiger partial charge in [-0.2, -0.15) is 0 Å². The maximum Gasteiger partial charge on any atom is 0.0716 e. The Kier molecular flexibility index (Phi) is 1.54. The van der Waals surface area contributed by atoms with Crippen LogP contribution in [-0.4, -0.2) is 17.3 Å². The van der Waals surface area contributed by atoms with Gasteiger partial charge in [0, 0.05) is 6.04 Å². The number of aliphatic hydroxyl groups is 1. The summed E-state index contributed by atoms with van der Waals surface area (Å²) in [7, 11) is 0. The molecule has 3 N–H and O–H groups in total.